The van der Waals surface area contributed by atoms with E-state index >= 15 is 0 Å². The van der Waals surface area contributed by atoms with Gasteiger partial charge in [0.2, 0.25) is 0 Å². The van der Waals surface area contributed by atoms with Crippen molar-refractivity contribution in [3.63, 3.8) is 0 Å². The van der Waals surface area contributed by atoms with Gasteiger partial charge in [0.1, 0.15) is 0 Å². The molecule has 0 aliphatic carbocycles. The van der Waals surface area contributed by atoms with Gasteiger partial charge in [0.05, 0.1) is 0 Å². The van der Waals surface area contributed by atoms with Gasteiger partial charge in [-0.25, -0.2) is 0 Å². The Balaban J connectivity index is 3.94. The first-order chi connectivity index (χ1) is 6.49. The Morgan fingerprint density at radius 1 is 0.929 bits per heavy atom. The molecule has 0 aliphatic rings. The summed E-state index contributed by atoms with van der Waals surface area (Å²) >= 11 is 0. The molecular formula is C13H29N. The van der Waals surface area contributed by atoms with Crippen LogP contribution in [0.2, 0.25) is 0 Å². The molecule has 0 aromatic carbocycles. The van der Waals surface area contributed by atoms with Gasteiger partial charge in [0.15, 0.2) is 0 Å². The van der Waals surface area contributed by atoms with Gasteiger partial charge in [0.25, 0.3) is 0 Å². The molecule has 0 aromatic rings. The van der Waals surface area contributed by atoms with E-state index in [1.54, 1.807) is 0 Å². The normalized spacial score (nSPS) is 16.3. The van der Waals surface area contributed by atoms with Crippen LogP contribution in [-0.2, 0) is 0 Å². The van der Waals surface area contributed by atoms with E-state index in [9.17, 15) is 0 Å². The summed E-state index contributed by atoms with van der Waals surface area (Å²) in [5, 5.41) is 3.61. The predicted molar refractivity (Wildman–Crippen MR) is 65.5 cm³/mol. The summed E-state index contributed by atoms with van der Waals surface area (Å²) < 4.78 is 0. The largest absolute Gasteiger partial charge is 0.314 e. The molecular weight excluding hydrogens is 170 g/mol. The molecule has 1 nitrogen and oxygen atoms in total. The fourth-order valence-electron chi connectivity index (χ4n) is 2.11. The van der Waals surface area contributed by atoms with Crippen molar-refractivity contribution in [2.45, 2.75) is 60.4 Å². The molecule has 0 rings (SSSR count). The molecule has 1 heteroatoms. The van der Waals surface area contributed by atoms with Crippen molar-refractivity contribution in [3.8, 4) is 0 Å². The van der Waals surface area contributed by atoms with Crippen LogP contribution in [0.4, 0.5) is 0 Å². The molecule has 0 heterocycles. The third-order valence-corrected chi connectivity index (χ3v) is 2.97. The SMILES string of the molecule is CCNC(C(C)C)C(C)CCC(C)C. The Morgan fingerprint density at radius 2 is 1.50 bits per heavy atom. The van der Waals surface area contributed by atoms with Crippen LogP contribution in [-0.4, -0.2) is 12.6 Å². The average Bonchev–Trinajstić information content (AvgIpc) is 2.09. The van der Waals surface area contributed by atoms with Gasteiger partial charge >= 0.3 is 0 Å². The number of hydrogen-bond donors (Lipinski definition) is 1. The molecule has 0 saturated heterocycles. The molecule has 86 valence electrons. The Hall–Kier alpha value is -0.0400. The lowest BCUT2D eigenvalue weighted by atomic mass is 9.87. The first kappa shape index (κ1) is 14.0. The maximum Gasteiger partial charge on any atom is 0.0116 e. The van der Waals surface area contributed by atoms with Gasteiger partial charge in [-0.15, -0.1) is 0 Å². The Morgan fingerprint density at radius 3 is 1.86 bits per heavy atom. The lowest BCUT2D eigenvalue weighted by Crippen LogP contribution is -2.39. The summed E-state index contributed by atoms with van der Waals surface area (Å²) in [6.45, 7) is 14.9. The highest BCUT2D eigenvalue weighted by Crippen LogP contribution is 2.19. The van der Waals surface area contributed by atoms with Crippen LogP contribution in [0.3, 0.4) is 0 Å². The monoisotopic (exact) mass is 199 g/mol. The maximum absolute atomic E-state index is 3.61. The fraction of sp³-hybridized carbons (Fsp3) is 1.00. The summed E-state index contributed by atoms with van der Waals surface area (Å²) in [4.78, 5) is 0. The van der Waals surface area contributed by atoms with Crippen LogP contribution in [0, 0.1) is 17.8 Å². The third kappa shape index (κ3) is 5.64. The minimum Gasteiger partial charge on any atom is -0.314 e. The van der Waals surface area contributed by atoms with Crippen molar-refractivity contribution in [2.24, 2.45) is 17.8 Å². The van der Waals surface area contributed by atoms with Gasteiger partial charge in [-0.3, -0.25) is 0 Å². The molecule has 0 fully saturated rings. The first-order valence-electron chi connectivity index (χ1n) is 6.22. The van der Waals surface area contributed by atoms with E-state index in [-0.39, 0.29) is 0 Å². The van der Waals surface area contributed by atoms with E-state index in [1.165, 1.54) is 12.8 Å². The van der Waals surface area contributed by atoms with Crippen molar-refractivity contribution in [3.05, 3.63) is 0 Å². The van der Waals surface area contributed by atoms with E-state index in [0.29, 0.717) is 6.04 Å². The molecule has 2 atom stereocenters. The van der Waals surface area contributed by atoms with Gasteiger partial charge in [-0.05, 0) is 30.7 Å². The second kappa shape index (κ2) is 7.28. The van der Waals surface area contributed by atoms with Crippen LogP contribution in [0.1, 0.15) is 54.4 Å². The topological polar surface area (TPSA) is 12.0 Å². The zero-order chi connectivity index (χ0) is 11.1. The molecule has 0 bridgehead atoms. The van der Waals surface area contributed by atoms with Crippen molar-refractivity contribution in [1.82, 2.24) is 5.32 Å². The van der Waals surface area contributed by atoms with Crippen molar-refractivity contribution >= 4 is 0 Å². The van der Waals surface area contributed by atoms with Crippen molar-refractivity contribution < 1.29 is 0 Å². The molecule has 0 radical (unpaired) electrons. The fourth-order valence-corrected chi connectivity index (χ4v) is 2.11. The lowest BCUT2D eigenvalue weighted by Gasteiger charge is -2.28. The number of rotatable bonds is 7. The molecule has 0 saturated carbocycles. The van der Waals surface area contributed by atoms with Gasteiger partial charge in [0, 0.05) is 6.04 Å². The summed E-state index contributed by atoms with van der Waals surface area (Å²) in [5.74, 6) is 2.39. The molecule has 0 spiro atoms. The standard InChI is InChI=1S/C13H29N/c1-7-14-13(11(4)5)12(6)9-8-10(2)3/h10-14H,7-9H2,1-6H3. The molecule has 0 amide bonds. The van der Waals surface area contributed by atoms with Crippen LogP contribution in [0.5, 0.6) is 0 Å². The second-order valence-corrected chi connectivity index (χ2v) is 5.28. The molecule has 0 aromatic heterocycles. The first-order valence-corrected chi connectivity index (χ1v) is 6.22. The Bertz CT molecular complexity index is 129. The van der Waals surface area contributed by atoms with Crippen molar-refractivity contribution in [1.29, 1.82) is 0 Å². The molecule has 0 aliphatic heterocycles. The number of nitrogens with one attached hydrogen (secondary N) is 1. The summed E-state index contributed by atoms with van der Waals surface area (Å²) in [6, 6.07) is 0.693. The van der Waals surface area contributed by atoms with Crippen LogP contribution in [0.25, 0.3) is 0 Å². The molecule has 1 N–H and O–H groups in total. The van der Waals surface area contributed by atoms with E-state index in [0.717, 1.165) is 24.3 Å². The lowest BCUT2D eigenvalue weighted by molar-refractivity contribution is 0.277. The van der Waals surface area contributed by atoms with Crippen LogP contribution < -0.4 is 5.32 Å². The highest BCUT2D eigenvalue weighted by Gasteiger charge is 2.19. The predicted octanol–water partition coefficient (Wildman–Crippen LogP) is 3.69. The second-order valence-electron chi connectivity index (χ2n) is 5.28. The van der Waals surface area contributed by atoms with Gasteiger partial charge < -0.3 is 5.32 Å². The van der Waals surface area contributed by atoms with E-state index in [1.807, 2.05) is 0 Å². The minimum absolute atomic E-state index is 0.693. The average molecular weight is 199 g/mol. The summed E-state index contributed by atoms with van der Waals surface area (Å²) in [6.07, 6.45) is 2.71. The zero-order valence-corrected chi connectivity index (χ0v) is 10.9. The van der Waals surface area contributed by atoms with E-state index < -0.39 is 0 Å². The molecule has 14 heavy (non-hydrogen) atoms. The van der Waals surface area contributed by atoms with Crippen LogP contribution >= 0.6 is 0 Å². The van der Waals surface area contributed by atoms with E-state index in [2.05, 4.69) is 46.9 Å². The highest BCUT2D eigenvalue weighted by molar-refractivity contribution is 4.76. The smallest absolute Gasteiger partial charge is 0.0116 e. The summed E-state index contributed by atoms with van der Waals surface area (Å²) in [5.41, 5.74) is 0. The Labute approximate surface area is 90.7 Å². The van der Waals surface area contributed by atoms with Crippen molar-refractivity contribution in [2.75, 3.05) is 6.54 Å². The van der Waals surface area contributed by atoms with E-state index in [4.69, 9.17) is 0 Å². The van der Waals surface area contributed by atoms with Gasteiger partial charge in [-0.2, -0.15) is 0 Å². The third-order valence-electron chi connectivity index (χ3n) is 2.97. The highest BCUT2D eigenvalue weighted by atomic mass is 14.9. The summed E-state index contributed by atoms with van der Waals surface area (Å²) in [7, 11) is 0. The minimum atomic E-state index is 0.693. The quantitative estimate of drug-likeness (QED) is 0.659. The zero-order valence-electron chi connectivity index (χ0n) is 10.9. The number of hydrogen-bond acceptors (Lipinski definition) is 1. The molecule has 2 unspecified atom stereocenters. The maximum atomic E-state index is 3.61. The van der Waals surface area contributed by atoms with Gasteiger partial charge in [-0.1, -0.05) is 48.0 Å². The Kier molecular flexibility index (Phi) is 7.26. The van der Waals surface area contributed by atoms with Crippen LogP contribution in [0.15, 0.2) is 0 Å².